The molecule has 1 aromatic rings. The number of hydrogen-bond donors (Lipinski definition) is 1. The smallest absolute Gasteiger partial charge is 0.384 e. The number of nitrogens with one attached hydrogen (secondary N) is 1. The number of rotatable bonds is 2. The summed E-state index contributed by atoms with van der Waals surface area (Å²) in [5.41, 5.74) is -0.756. The van der Waals surface area contributed by atoms with Crippen molar-refractivity contribution in [3.63, 3.8) is 0 Å². The van der Waals surface area contributed by atoms with Crippen LogP contribution in [0, 0.1) is 5.41 Å². The second-order valence-electron chi connectivity index (χ2n) is 5.10. The first kappa shape index (κ1) is 14.2. The molecule has 0 aliphatic rings. The number of alkyl halides is 3. The molecule has 1 N–H and O–H groups in total. The van der Waals surface area contributed by atoms with E-state index in [1.165, 1.54) is 12.1 Å². The molecule has 1 aromatic carbocycles. The maximum Gasteiger partial charge on any atom is 0.418 e. The van der Waals surface area contributed by atoms with E-state index >= 15 is 0 Å². The van der Waals surface area contributed by atoms with Gasteiger partial charge in [0.15, 0.2) is 0 Å². The van der Waals surface area contributed by atoms with Crippen LogP contribution in [0.5, 0.6) is 0 Å². The van der Waals surface area contributed by atoms with Crippen LogP contribution in [0.15, 0.2) is 18.2 Å². The second-order valence-corrected chi connectivity index (χ2v) is 5.54. The Kier molecular flexibility index (Phi) is 3.97. The minimum absolute atomic E-state index is 0.0665. The molecule has 0 heterocycles. The lowest BCUT2D eigenvalue weighted by Gasteiger charge is -2.22. The monoisotopic (exact) mass is 265 g/mol. The van der Waals surface area contributed by atoms with Crippen molar-refractivity contribution < 1.29 is 13.2 Å². The van der Waals surface area contributed by atoms with Crippen molar-refractivity contribution in [3.05, 3.63) is 28.8 Å². The molecule has 0 saturated carbocycles. The third-order valence-electron chi connectivity index (χ3n) is 2.10. The highest BCUT2D eigenvalue weighted by atomic mass is 35.5. The molecule has 0 aromatic heterocycles. The minimum atomic E-state index is -4.40. The highest BCUT2D eigenvalue weighted by Gasteiger charge is 2.33. The predicted molar refractivity (Wildman–Crippen MR) is 64.4 cm³/mol. The molecule has 0 unspecified atom stereocenters. The molecular formula is C12H15ClF3N. The van der Waals surface area contributed by atoms with Crippen LogP contribution in [0.3, 0.4) is 0 Å². The molecule has 0 aliphatic carbocycles. The maximum atomic E-state index is 12.7. The lowest BCUT2D eigenvalue weighted by atomic mass is 9.96. The Labute approximate surface area is 104 Å². The molecule has 5 heteroatoms. The maximum absolute atomic E-state index is 12.7. The molecule has 0 radical (unpaired) electrons. The van der Waals surface area contributed by atoms with Crippen molar-refractivity contribution in [1.82, 2.24) is 0 Å². The fourth-order valence-corrected chi connectivity index (χ4v) is 1.44. The molecule has 1 nitrogen and oxygen atoms in total. The van der Waals surface area contributed by atoms with Gasteiger partial charge in [0.2, 0.25) is 0 Å². The van der Waals surface area contributed by atoms with Gasteiger partial charge >= 0.3 is 6.18 Å². The molecule has 0 bridgehead atoms. The first-order valence-electron chi connectivity index (χ1n) is 5.20. The summed E-state index contributed by atoms with van der Waals surface area (Å²) in [5.74, 6) is 0. The summed E-state index contributed by atoms with van der Waals surface area (Å²) in [7, 11) is 0. The van der Waals surface area contributed by atoms with Gasteiger partial charge in [-0.15, -0.1) is 0 Å². The average Bonchev–Trinajstić information content (AvgIpc) is 2.13. The summed E-state index contributed by atoms with van der Waals surface area (Å²) >= 11 is 5.59. The van der Waals surface area contributed by atoms with Gasteiger partial charge in [-0.2, -0.15) is 13.2 Å². The highest BCUT2D eigenvalue weighted by Crippen LogP contribution is 2.36. The molecule has 0 fully saturated rings. The number of hydrogen-bond acceptors (Lipinski definition) is 1. The Morgan fingerprint density at radius 1 is 1.18 bits per heavy atom. The van der Waals surface area contributed by atoms with E-state index in [4.69, 9.17) is 11.6 Å². The van der Waals surface area contributed by atoms with Gasteiger partial charge in [-0.3, -0.25) is 0 Å². The van der Waals surface area contributed by atoms with Crippen LogP contribution in [0.4, 0.5) is 18.9 Å². The normalized spacial score (nSPS) is 12.6. The van der Waals surface area contributed by atoms with Crippen LogP contribution in [0.1, 0.15) is 26.3 Å². The number of anilines is 1. The van der Waals surface area contributed by atoms with Crippen molar-refractivity contribution in [1.29, 1.82) is 0 Å². The van der Waals surface area contributed by atoms with Crippen molar-refractivity contribution in [2.45, 2.75) is 26.9 Å². The van der Waals surface area contributed by atoms with Gasteiger partial charge in [0.1, 0.15) is 0 Å². The van der Waals surface area contributed by atoms with Crippen LogP contribution in [0.2, 0.25) is 5.02 Å². The zero-order valence-electron chi connectivity index (χ0n) is 9.95. The van der Waals surface area contributed by atoms with E-state index in [1.54, 1.807) is 0 Å². The molecular weight excluding hydrogens is 251 g/mol. The van der Waals surface area contributed by atoms with Crippen LogP contribution >= 0.6 is 11.6 Å². The van der Waals surface area contributed by atoms with E-state index in [0.717, 1.165) is 6.07 Å². The van der Waals surface area contributed by atoms with Gasteiger partial charge in [-0.05, 0) is 23.6 Å². The summed E-state index contributed by atoms with van der Waals surface area (Å²) in [6, 6.07) is 3.74. The first-order chi connectivity index (χ1) is 7.59. The van der Waals surface area contributed by atoms with Gasteiger partial charge in [0.25, 0.3) is 0 Å². The SMILES string of the molecule is CC(C)(C)CNc1ccc(Cl)cc1C(F)(F)F. The fraction of sp³-hybridized carbons (Fsp3) is 0.500. The highest BCUT2D eigenvalue weighted by molar-refractivity contribution is 6.30. The molecule has 96 valence electrons. The topological polar surface area (TPSA) is 12.0 Å². The van der Waals surface area contributed by atoms with Gasteiger partial charge in [0, 0.05) is 17.3 Å². The standard InChI is InChI=1S/C12H15ClF3N/c1-11(2,3)7-17-10-5-4-8(13)6-9(10)12(14,15)16/h4-6,17H,7H2,1-3H3. The fourth-order valence-electron chi connectivity index (χ4n) is 1.27. The van der Waals surface area contributed by atoms with E-state index in [-0.39, 0.29) is 16.1 Å². The van der Waals surface area contributed by atoms with Crippen LogP contribution in [0.25, 0.3) is 0 Å². The van der Waals surface area contributed by atoms with Crippen molar-refractivity contribution in [2.24, 2.45) is 5.41 Å². The largest absolute Gasteiger partial charge is 0.418 e. The predicted octanol–water partition coefficient (Wildman–Crippen LogP) is 4.82. The lowest BCUT2D eigenvalue weighted by Crippen LogP contribution is -2.21. The van der Waals surface area contributed by atoms with E-state index in [1.807, 2.05) is 20.8 Å². The molecule has 0 saturated heterocycles. The molecule has 17 heavy (non-hydrogen) atoms. The lowest BCUT2D eigenvalue weighted by molar-refractivity contribution is -0.137. The van der Waals surface area contributed by atoms with E-state index in [2.05, 4.69) is 5.32 Å². The Balaban J connectivity index is 2.99. The zero-order valence-corrected chi connectivity index (χ0v) is 10.7. The van der Waals surface area contributed by atoms with Crippen molar-refractivity contribution in [3.8, 4) is 0 Å². The molecule has 0 amide bonds. The van der Waals surface area contributed by atoms with Crippen LogP contribution in [-0.2, 0) is 6.18 Å². The molecule has 0 spiro atoms. The van der Waals surface area contributed by atoms with Crippen LogP contribution in [-0.4, -0.2) is 6.54 Å². The van der Waals surface area contributed by atoms with Crippen molar-refractivity contribution in [2.75, 3.05) is 11.9 Å². The third-order valence-corrected chi connectivity index (χ3v) is 2.33. The first-order valence-corrected chi connectivity index (χ1v) is 5.58. The quantitative estimate of drug-likeness (QED) is 0.809. The minimum Gasteiger partial charge on any atom is -0.384 e. The molecule has 0 aliphatic heterocycles. The van der Waals surface area contributed by atoms with E-state index < -0.39 is 11.7 Å². The van der Waals surface area contributed by atoms with Crippen LogP contribution < -0.4 is 5.32 Å². The van der Waals surface area contributed by atoms with Gasteiger partial charge in [-0.1, -0.05) is 32.4 Å². The Morgan fingerprint density at radius 2 is 1.76 bits per heavy atom. The summed E-state index contributed by atoms with van der Waals surface area (Å²) in [6.45, 7) is 6.30. The average molecular weight is 266 g/mol. The van der Waals surface area contributed by atoms with Gasteiger partial charge in [0.05, 0.1) is 5.56 Å². The summed E-state index contributed by atoms with van der Waals surface area (Å²) in [6.07, 6.45) is -4.40. The van der Waals surface area contributed by atoms with E-state index in [0.29, 0.717) is 6.54 Å². The Morgan fingerprint density at radius 3 is 2.24 bits per heavy atom. The third kappa shape index (κ3) is 4.46. The zero-order chi connectivity index (χ0) is 13.3. The second kappa shape index (κ2) is 4.77. The summed E-state index contributed by atoms with van der Waals surface area (Å²) in [5, 5.41) is 2.89. The number of benzene rings is 1. The summed E-state index contributed by atoms with van der Waals surface area (Å²) < 4.78 is 38.2. The van der Waals surface area contributed by atoms with E-state index in [9.17, 15) is 13.2 Å². The van der Waals surface area contributed by atoms with Crippen molar-refractivity contribution >= 4 is 17.3 Å². The summed E-state index contributed by atoms with van der Waals surface area (Å²) in [4.78, 5) is 0. The Bertz CT molecular complexity index is 394. The van der Waals surface area contributed by atoms with Gasteiger partial charge < -0.3 is 5.32 Å². The molecule has 0 atom stereocenters. The number of halogens is 4. The molecule has 1 rings (SSSR count). The Hall–Kier alpha value is -0.900. The van der Waals surface area contributed by atoms with Gasteiger partial charge in [-0.25, -0.2) is 0 Å².